The molecule has 0 amide bonds. The van der Waals surface area contributed by atoms with Gasteiger partial charge in [-0.05, 0) is 67.6 Å². The first-order chi connectivity index (χ1) is 14.1. The van der Waals surface area contributed by atoms with Crippen molar-refractivity contribution >= 4 is 38.7 Å². The highest BCUT2D eigenvalue weighted by Gasteiger charge is 2.12. The average Bonchev–Trinajstić information content (AvgIpc) is 2.74. The molecule has 5 nitrogen and oxygen atoms in total. The minimum absolute atomic E-state index is 0.146. The van der Waals surface area contributed by atoms with E-state index in [1.54, 1.807) is 12.3 Å². The number of fused-ring (bicyclic) bond motifs is 1. The zero-order valence-corrected chi connectivity index (χ0v) is 18.4. The Kier molecular flexibility index (Phi) is 5.81. The Balaban J connectivity index is 1.69. The van der Waals surface area contributed by atoms with Crippen LogP contribution in [-0.4, -0.2) is 29.0 Å². The smallest absolute Gasteiger partial charge is 0.282 e. The fraction of sp³-hybridized carbons (Fsp3) is 0.348. The van der Waals surface area contributed by atoms with Gasteiger partial charge in [0.1, 0.15) is 5.82 Å². The molecule has 0 N–H and O–H groups in total. The summed E-state index contributed by atoms with van der Waals surface area (Å²) in [5.74, 6) is 0.656. The van der Waals surface area contributed by atoms with Crippen molar-refractivity contribution in [1.82, 2.24) is 9.66 Å². The molecular formula is C23H25BrN4O. The number of nitrogens with zero attached hydrogens (tertiary/aromatic N) is 4. The number of hydrogen-bond donors (Lipinski definition) is 0. The lowest BCUT2D eigenvalue weighted by Crippen LogP contribution is -2.29. The van der Waals surface area contributed by atoms with Crippen molar-refractivity contribution in [1.29, 1.82) is 0 Å². The highest BCUT2D eigenvalue weighted by molar-refractivity contribution is 9.10. The molecule has 6 heteroatoms. The first-order valence-electron chi connectivity index (χ1n) is 10.2. The highest BCUT2D eigenvalue weighted by Crippen LogP contribution is 2.22. The molecule has 0 spiro atoms. The van der Waals surface area contributed by atoms with Crippen molar-refractivity contribution in [3.8, 4) is 0 Å². The van der Waals surface area contributed by atoms with Crippen molar-refractivity contribution in [2.45, 2.75) is 39.5 Å². The number of anilines is 1. The van der Waals surface area contributed by atoms with Crippen LogP contribution in [0.1, 0.15) is 43.1 Å². The molecule has 3 aromatic rings. The number of hydrogen-bond acceptors (Lipinski definition) is 4. The van der Waals surface area contributed by atoms with Gasteiger partial charge in [0, 0.05) is 29.7 Å². The van der Waals surface area contributed by atoms with Gasteiger partial charge in [-0.1, -0.05) is 28.9 Å². The lowest BCUT2D eigenvalue weighted by atomic mass is 10.1. The molecule has 0 aliphatic carbocycles. The van der Waals surface area contributed by atoms with Crippen LogP contribution in [0.15, 0.2) is 50.8 Å². The van der Waals surface area contributed by atoms with Crippen molar-refractivity contribution in [2.24, 2.45) is 5.10 Å². The molecule has 1 saturated heterocycles. The van der Waals surface area contributed by atoms with Gasteiger partial charge >= 0.3 is 0 Å². The Morgan fingerprint density at radius 2 is 1.93 bits per heavy atom. The normalized spacial score (nSPS) is 14.8. The quantitative estimate of drug-likeness (QED) is 0.528. The number of aryl methyl sites for hydroxylation is 2. The van der Waals surface area contributed by atoms with E-state index in [4.69, 9.17) is 0 Å². The standard InChI is InChI=1S/C23H25BrN4O/c1-3-22-26-21-10-8-18(24)14-20(21)23(29)28(22)25-15-17-7-9-19(13-16(17)2)27-11-5-4-6-12-27/h7-10,13-15H,3-6,11-12H2,1-2H3. The van der Waals surface area contributed by atoms with Gasteiger partial charge in [-0.25, -0.2) is 4.98 Å². The molecule has 1 aliphatic rings. The van der Waals surface area contributed by atoms with E-state index in [9.17, 15) is 4.79 Å². The van der Waals surface area contributed by atoms with E-state index in [-0.39, 0.29) is 5.56 Å². The van der Waals surface area contributed by atoms with Gasteiger partial charge in [-0.15, -0.1) is 0 Å². The van der Waals surface area contributed by atoms with E-state index >= 15 is 0 Å². The Labute approximate surface area is 179 Å². The van der Waals surface area contributed by atoms with Gasteiger partial charge < -0.3 is 4.90 Å². The van der Waals surface area contributed by atoms with Crippen LogP contribution < -0.4 is 10.5 Å². The predicted octanol–water partition coefficient (Wildman–Crippen LogP) is 4.90. The summed E-state index contributed by atoms with van der Waals surface area (Å²) >= 11 is 3.43. The maximum atomic E-state index is 13.0. The fourth-order valence-electron chi connectivity index (χ4n) is 3.82. The first-order valence-corrected chi connectivity index (χ1v) is 11.0. The van der Waals surface area contributed by atoms with Gasteiger partial charge in [0.2, 0.25) is 0 Å². The molecule has 1 fully saturated rings. The zero-order chi connectivity index (χ0) is 20.4. The van der Waals surface area contributed by atoms with Crippen LogP contribution in [0, 0.1) is 6.92 Å². The van der Waals surface area contributed by atoms with Crippen LogP contribution >= 0.6 is 15.9 Å². The molecule has 2 heterocycles. The SMILES string of the molecule is CCc1nc2ccc(Br)cc2c(=O)n1N=Cc1ccc(N2CCCCC2)cc1C. The summed E-state index contributed by atoms with van der Waals surface area (Å²) in [6.07, 6.45) is 6.24. The van der Waals surface area contributed by atoms with Crippen LogP contribution in [0.3, 0.4) is 0 Å². The number of halogens is 1. The number of piperidine rings is 1. The molecule has 0 unspecified atom stereocenters. The molecule has 150 valence electrons. The molecule has 29 heavy (non-hydrogen) atoms. The van der Waals surface area contributed by atoms with Crippen molar-refractivity contribution in [3.63, 3.8) is 0 Å². The Morgan fingerprint density at radius 1 is 1.14 bits per heavy atom. The molecule has 0 radical (unpaired) electrons. The van der Waals surface area contributed by atoms with Crippen molar-refractivity contribution < 1.29 is 0 Å². The van der Waals surface area contributed by atoms with Crippen LogP contribution in [0.25, 0.3) is 10.9 Å². The summed E-state index contributed by atoms with van der Waals surface area (Å²) in [7, 11) is 0. The van der Waals surface area contributed by atoms with E-state index in [1.165, 1.54) is 29.6 Å². The van der Waals surface area contributed by atoms with E-state index in [0.29, 0.717) is 23.1 Å². The van der Waals surface area contributed by atoms with Crippen LogP contribution in [0.2, 0.25) is 0 Å². The second-order valence-electron chi connectivity index (χ2n) is 7.49. The first kappa shape index (κ1) is 19.8. The summed E-state index contributed by atoms with van der Waals surface area (Å²) in [6, 6.07) is 12.0. The van der Waals surface area contributed by atoms with E-state index in [2.05, 4.69) is 56.0 Å². The fourth-order valence-corrected chi connectivity index (χ4v) is 4.18. The lowest BCUT2D eigenvalue weighted by Gasteiger charge is -2.29. The third-order valence-electron chi connectivity index (χ3n) is 5.48. The highest BCUT2D eigenvalue weighted by atomic mass is 79.9. The number of rotatable bonds is 4. The molecule has 1 aromatic heterocycles. The minimum atomic E-state index is -0.146. The third kappa shape index (κ3) is 4.13. The summed E-state index contributed by atoms with van der Waals surface area (Å²) in [4.78, 5) is 20.1. The molecule has 1 aliphatic heterocycles. The van der Waals surface area contributed by atoms with E-state index in [1.807, 2.05) is 19.1 Å². The lowest BCUT2D eigenvalue weighted by molar-refractivity contribution is 0.578. The Bertz CT molecular complexity index is 1130. The molecular weight excluding hydrogens is 428 g/mol. The van der Waals surface area contributed by atoms with Gasteiger partial charge in [0.25, 0.3) is 5.56 Å². The molecule has 0 atom stereocenters. The van der Waals surface area contributed by atoms with Gasteiger partial charge in [-0.2, -0.15) is 9.78 Å². The van der Waals surface area contributed by atoms with E-state index in [0.717, 1.165) is 28.7 Å². The largest absolute Gasteiger partial charge is 0.372 e. The van der Waals surface area contributed by atoms with Crippen LogP contribution in [0.5, 0.6) is 0 Å². The summed E-state index contributed by atoms with van der Waals surface area (Å²) in [5, 5.41) is 5.08. The summed E-state index contributed by atoms with van der Waals surface area (Å²) in [6.45, 7) is 6.33. The second-order valence-corrected chi connectivity index (χ2v) is 8.41. The minimum Gasteiger partial charge on any atom is -0.372 e. The molecule has 0 bridgehead atoms. The molecule has 0 saturated carbocycles. The van der Waals surface area contributed by atoms with E-state index < -0.39 is 0 Å². The van der Waals surface area contributed by atoms with Crippen LogP contribution in [-0.2, 0) is 6.42 Å². The van der Waals surface area contributed by atoms with Crippen LogP contribution in [0.4, 0.5) is 5.69 Å². The third-order valence-corrected chi connectivity index (χ3v) is 5.97. The zero-order valence-electron chi connectivity index (χ0n) is 16.9. The Morgan fingerprint density at radius 3 is 2.66 bits per heavy atom. The van der Waals surface area contributed by atoms with Gasteiger partial charge in [0.05, 0.1) is 17.1 Å². The van der Waals surface area contributed by atoms with Gasteiger partial charge in [-0.3, -0.25) is 4.79 Å². The molecule has 4 rings (SSSR count). The second kappa shape index (κ2) is 8.49. The van der Waals surface area contributed by atoms with Gasteiger partial charge in [0.15, 0.2) is 0 Å². The summed E-state index contributed by atoms with van der Waals surface area (Å²) in [5.41, 5.74) is 3.98. The monoisotopic (exact) mass is 452 g/mol. The number of benzene rings is 2. The average molecular weight is 453 g/mol. The Hall–Kier alpha value is -2.47. The van der Waals surface area contributed by atoms with Crippen molar-refractivity contribution in [2.75, 3.05) is 18.0 Å². The number of aromatic nitrogens is 2. The predicted molar refractivity (Wildman–Crippen MR) is 123 cm³/mol. The maximum absolute atomic E-state index is 13.0. The summed E-state index contributed by atoms with van der Waals surface area (Å²) < 4.78 is 2.28. The molecule has 2 aromatic carbocycles. The van der Waals surface area contributed by atoms with Crippen molar-refractivity contribution in [3.05, 3.63) is 68.2 Å². The maximum Gasteiger partial charge on any atom is 0.282 e. The topological polar surface area (TPSA) is 50.5 Å².